The first-order valence-electron chi connectivity index (χ1n) is 12.6. The Morgan fingerprint density at radius 2 is 1.47 bits per heavy atom. The molecule has 0 fully saturated rings. The van der Waals surface area contributed by atoms with Gasteiger partial charge in [0.05, 0.1) is 38.2 Å². The Balaban J connectivity index is 1.48. The van der Waals surface area contributed by atoms with Crippen LogP contribution in [0.3, 0.4) is 0 Å². The number of methoxy groups -OCH3 is 1. The van der Waals surface area contributed by atoms with E-state index in [0.29, 0.717) is 11.3 Å². The Kier molecular flexibility index (Phi) is 10.3. The number of carbonyl (C=O) groups excluding carboxylic acids is 3. The molecular weight excluding hydrogens is 637 g/mol. The number of hydrogen-bond acceptors (Lipinski definition) is 6. The largest absolute Gasteiger partial charge is 0.467 e. The van der Waals surface area contributed by atoms with Crippen molar-refractivity contribution in [2.75, 3.05) is 17.7 Å². The van der Waals surface area contributed by atoms with Crippen LogP contribution in [0.5, 0.6) is 0 Å². The molecule has 0 aromatic heterocycles. The van der Waals surface area contributed by atoms with Gasteiger partial charge in [0.1, 0.15) is 6.04 Å². The Morgan fingerprint density at radius 3 is 2.09 bits per heavy atom. The number of rotatable bonds is 9. The number of ether oxygens (including phenoxy) is 1. The van der Waals surface area contributed by atoms with Gasteiger partial charge in [0, 0.05) is 17.1 Å². The van der Waals surface area contributed by atoms with Crippen LogP contribution in [0.15, 0.2) is 101 Å². The summed E-state index contributed by atoms with van der Waals surface area (Å²) in [4.78, 5) is 38.0. The average molecular weight is 661 g/mol. The van der Waals surface area contributed by atoms with Crippen molar-refractivity contribution in [2.45, 2.75) is 22.3 Å². The van der Waals surface area contributed by atoms with Crippen LogP contribution in [-0.4, -0.2) is 39.5 Å². The van der Waals surface area contributed by atoms with Gasteiger partial charge in [-0.1, -0.05) is 71.2 Å². The van der Waals surface area contributed by atoms with Crippen molar-refractivity contribution in [1.29, 1.82) is 0 Å². The predicted octanol–water partition coefficient (Wildman–Crippen LogP) is 6.64. The lowest BCUT2D eigenvalue weighted by Crippen LogP contribution is -2.45. The molecule has 0 spiro atoms. The molecule has 13 heteroatoms. The second-order valence-electron chi connectivity index (χ2n) is 9.08. The molecule has 222 valence electrons. The van der Waals surface area contributed by atoms with E-state index in [-0.39, 0.29) is 42.5 Å². The second-order valence-corrected chi connectivity index (χ2v) is 12.3. The van der Waals surface area contributed by atoms with Crippen molar-refractivity contribution in [3.8, 4) is 0 Å². The molecule has 43 heavy (non-hydrogen) atoms. The molecule has 1 unspecified atom stereocenters. The monoisotopic (exact) mass is 659 g/mol. The predicted molar refractivity (Wildman–Crippen MR) is 166 cm³/mol. The first kappa shape index (κ1) is 31.8. The van der Waals surface area contributed by atoms with E-state index in [9.17, 15) is 22.8 Å². The Hall–Kier alpha value is -4.09. The zero-order chi connectivity index (χ0) is 31.1. The van der Waals surface area contributed by atoms with Gasteiger partial charge in [0.15, 0.2) is 0 Å². The summed E-state index contributed by atoms with van der Waals surface area (Å²) in [6, 6.07) is 21.0. The van der Waals surface area contributed by atoms with Gasteiger partial charge >= 0.3 is 12.0 Å². The molecule has 0 aliphatic rings. The highest BCUT2D eigenvalue weighted by molar-refractivity contribution is 7.91. The van der Waals surface area contributed by atoms with Crippen LogP contribution in [0.4, 0.5) is 16.2 Å². The molecule has 3 N–H and O–H groups in total. The molecule has 4 rings (SSSR count). The van der Waals surface area contributed by atoms with Gasteiger partial charge in [-0.05, 0) is 60.2 Å². The van der Waals surface area contributed by atoms with Crippen molar-refractivity contribution in [3.63, 3.8) is 0 Å². The Bertz CT molecular complexity index is 1750. The highest BCUT2D eigenvalue weighted by atomic mass is 35.5. The van der Waals surface area contributed by atoms with Gasteiger partial charge in [-0.15, -0.1) is 0 Å². The molecule has 3 amide bonds. The molecular formula is C30H24Cl3N3O6S. The van der Waals surface area contributed by atoms with Gasteiger partial charge in [-0.2, -0.15) is 0 Å². The Labute approximate surface area is 263 Å². The molecule has 0 saturated heterocycles. The minimum atomic E-state index is -4.00. The maximum absolute atomic E-state index is 13.2. The van der Waals surface area contributed by atoms with Crippen molar-refractivity contribution >= 4 is 73.9 Å². The van der Waals surface area contributed by atoms with E-state index in [2.05, 4.69) is 16.0 Å². The first-order chi connectivity index (χ1) is 20.5. The number of halogens is 3. The van der Waals surface area contributed by atoms with Crippen LogP contribution < -0.4 is 16.0 Å². The third kappa shape index (κ3) is 7.85. The van der Waals surface area contributed by atoms with Crippen molar-refractivity contribution in [1.82, 2.24) is 5.32 Å². The topological polar surface area (TPSA) is 131 Å². The molecule has 0 aliphatic carbocycles. The van der Waals surface area contributed by atoms with Crippen LogP contribution >= 0.6 is 34.8 Å². The minimum Gasteiger partial charge on any atom is -0.467 e. The summed E-state index contributed by atoms with van der Waals surface area (Å²) >= 11 is 18.3. The Morgan fingerprint density at radius 1 is 0.814 bits per heavy atom. The van der Waals surface area contributed by atoms with E-state index in [1.165, 1.54) is 37.4 Å². The highest BCUT2D eigenvalue weighted by Crippen LogP contribution is 2.30. The fraction of sp³-hybridized carbons (Fsp3) is 0.100. The molecule has 1 atom stereocenters. The second kappa shape index (κ2) is 13.9. The lowest BCUT2D eigenvalue weighted by molar-refractivity contribution is -0.142. The quantitative estimate of drug-likeness (QED) is 0.173. The fourth-order valence-electron chi connectivity index (χ4n) is 4.08. The van der Waals surface area contributed by atoms with Crippen molar-refractivity contribution in [2.24, 2.45) is 0 Å². The highest BCUT2D eigenvalue weighted by Gasteiger charge is 2.26. The molecule has 0 aliphatic heterocycles. The van der Waals surface area contributed by atoms with E-state index in [0.717, 1.165) is 0 Å². The van der Waals surface area contributed by atoms with Crippen LogP contribution in [0, 0.1) is 0 Å². The lowest BCUT2D eigenvalue weighted by atomic mass is 10.1. The standard InChI is InChI=1S/C30H24Cl3N3O6S/c1-42-29(38)25(16-18-10-13-20(14-11-18)34-28(37)27-22(32)8-5-9-23(27)33)36-30(39)35-24-17-19(31)12-15-26(24)43(40,41)21-6-3-2-4-7-21/h2-15,17,25H,16H2,1H3,(H,34,37)(H2,35,36,39). The zero-order valence-electron chi connectivity index (χ0n) is 22.4. The summed E-state index contributed by atoms with van der Waals surface area (Å²) < 4.78 is 31.3. The van der Waals surface area contributed by atoms with E-state index in [4.69, 9.17) is 39.5 Å². The van der Waals surface area contributed by atoms with E-state index in [1.54, 1.807) is 60.7 Å². The van der Waals surface area contributed by atoms with Crippen molar-refractivity contribution in [3.05, 3.63) is 117 Å². The summed E-state index contributed by atoms with van der Waals surface area (Å²) in [5.41, 5.74) is 1.13. The summed E-state index contributed by atoms with van der Waals surface area (Å²) in [5, 5.41) is 8.31. The third-order valence-corrected chi connectivity index (χ3v) is 8.86. The smallest absolute Gasteiger partial charge is 0.328 e. The molecule has 0 bridgehead atoms. The van der Waals surface area contributed by atoms with Gasteiger partial charge < -0.3 is 20.7 Å². The molecule has 0 radical (unpaired) electrons. The maximum atomic E-state index is 13.2. The number of benzene rings is 4. The molecule has 9 nitrogen and oxygen atoms in total. The van der Waals surface area contributed by atoms with E-state index >= 15 is 0 Å². The number of carbonyl (C=O) groups is 3. The average Bonchev–Trinajstić information content (AvgIpc) is 2.97. The van der Waals surface area contributed by atoms with Gasteiger partial charge in [-0.3, -0.25) is 4.79 Å². The fourth-order valence-corrected chi connectivity index (χ4v) is 6.24. The SMILES string of the molecule is COC(=O)C(Cc1ccc(NC(=O)c2c(Cl)cccc2Cl)cc1)NC(=O)Nc1cc(Cl)ccc1S(=O)(=O)c1ccccc1. The number of hydrogen-bond donors (Lipinski definition) is 3. The number of sulfone groups is 1. The number of nitrogens with one attached hydrogen (secondary N) is 3. The minimum absolute atomic E-state index is 0.0232. The van der Waals surface area contributed by atoms with Gasteiger partial charge in [0.2, 0.25) is 9.84 Å². The summed E-state index contributed by atoms with van der Waals surface area (Å²) in [6.07, 6.45) is 0.0232. The van der Waals surface area contributed by atoms with Crippen LogP contribution in [0.25, 0.3) is 0 Å². The number of esters is 1. The van der Waals surface area contributed by atoms with Crippen LogP contribution in [-0.2, 0) is 25.8 Å². The van der Waals surface area contributed by atoms with Crippen molar-refractivity contribution < 1.29 is 27.5 Å². The lowest BCUT2D eigenvalue weighted by Gasteiger charge is -2.18. The van der Waals surface area contributed by atoms with Crippen LogP contribution in [0.2, 0.25) is 15.1 Å². The summed E-state index contributed by atoms with van der Waals surface area (Å²) in [6.45, 7) is 0. The normalized spacial score (nSPS) is 11.7. The van der Waals surface area contributed by atoms with E-state index in [1.807, 2.05) is 0 Å². The first-order valence-corrected chi connectivity index (χ1v) is 15.2. The third-order valence-electron chi connectivity index (χ3n) is 6.17. The zero-order valence-corrected chi connectivity index (χ0v) is 25.5. The van der Waals surface area contributed by atoms with Gasteiger partial charge in [0.25, 0.3) is 5.91 Å². The molecule has 0 saturated carbocycles. The molecule has 0 heterocycles. The number of anilines is 2. The summed E-state index contributed by atoms with van der Waals surface area (Å²) in [7, 11) is -2.83. The molecule has 4 aromatic rings. The maximum Gasteiger partial charge on any atom is 0.328 e. The van der Waals surface area contributed by atoms with Crippen LogP contribution in [0.1, 0.15) is 15.9 Å². The molecule has 4 aromatic carbocycles. The van der Waals surface area contributed by atoms with Gasteiger partial charge in [-0.25, -0.2) is 18.0 Å². The number of amides is 3. The summed E-state index contributed by atoms with van der Waals surface area (Å²) in [5.74, 6) is -1.23. The van der Waals surface area contributed by atoms with E-state index < -0.39 is 33.8 Å². The number of urea groups is 1.